The number of hydrogen-bond acceptors (Lipinski definition) is 4. The van der Waals surface area contributed by atoms with Crippen molar-refractivity contribution in [3.05, 3.63) is 42.4 Å². The molecule has 0 radical (unpaired) electrons. The average molecular weight is 281 g/mol. The van der Waals surface area contributed by atoms with Crippen molar-refractivity contribution in [1.29, 1.82) is 0 Å². The third-order valence-electron chi connectivity index (χ3n) is 3.42. The Morgan fingerprint density at radius 1 is 1.14 bits per heavy atom. The molecule has 5 nitrogen and oxygen atoms in total. The normalized spacial score (nSPS) is 13.8. The van der Waals surface area contributed by atoms with E-state index in [1.165, 1.54) is 6.92 Å². The van der Waals surface area contributed by atoms with Crippen LogP contribution in [0.25, 0.3) is 11.1 Å². The number of anilines is 1. The fourth-order valence-corrected chi connectivity index (χ4v) is 2.14. The number of Topliss-reactive ketones (excluding diaryl/α,β-unsaturated/α-hetero) is 1. The van der Waals surface area contributed by atoms with Crippen LogP contribution in [0.3, 0.4) is 0 Å². The standard InChI is InChI=1S/C16H15N3O2/c1-10(20)15-13(11-6-8-17-9-7-11)4-5-14(18-15)19-16(21)12-2-3-12/h4-9,12H,2-3H2,1H3,(H,18,19,21). The molecule has 2 heterocycles. The average Bonchev–Trinajstić information content (AvgIpc) is 3.32. The third kappa shape index (κ3) is 2.97. The van der Waals surface area contributed by atoms with E-state index in [1.807, 2.05) is 18.2 Å². The van der Waals surface area contributed by atoms with Gasteiger partial charge >= 0.3 is 0 Å². The van der Waals surface area contributed by atoms with Crippen molar-refractivity contribution in [2.24, 2.45) is 5.92 Å². The molecule has 1 aliphatic rings. The quantitative estimate of drug-likeness (QED) is 0.875. The van der Waals surface area contributed by atoms with Gasteiger partial charge in [-0.25, -0.2) is 4.98 Å². The maximum absolute atomic E-state index is 11.8. The molecule has 1 amide bonds. The molecule has 1 saturated carbocycles. The second-order valence-electron chi connectivity index (χ2n) is 5.15. The molecule has 2 aromatic rings. The van der Waals surface area contributed by atoms with E-state index in [0.29, 0.717) is 11.5 Å². The fraction of sp³-hybridized carbons (Fsp3) is 0.250. The van der Waals surface area contributed by atoms with Crippen LogP contribution in [0.2, 0.25) is 0 Å². The highest BCUT2D eigenvalue weighted by Crippen LogP contribution is 2.30. The highest BCUT2D eigenvalue weighted by atomic mass is 16.2. The molecule has 1 N–H and O–H groups in total. The van der Waals surface area contributed by atoms with Crippen LogP contribution in [0.5, 0.6) is 0 Å². The number of hydrogen-bond donors (Lipinski definition) is 1. The highest BCUT2D eigenvalue weighted by molar-refractivity contribution is 6.00. The van der Waals surface area contributed by atoms with Crippen molar-refractivity contribution >= 4 is 17.5 Å². The van der Waals surface area contributed by atoms with Crippen molar-refractivity contribution in [2.75, 3.05) is 5.32 Å². The van der Waals surface area contributed by atoms with Gasteiger partial charge in [0.1, 0.15) is 11.5 Å². The van der Waals surface area contributed by atoms with Crippen LogP contribution in [-0.2, 0) is 4.79 Å². The minimum atomic E-state index is -0.135. The molecular weight excluding hydrogens is 266 g/mol. The van der Waals surface area contributed by atoms with Gasteiger partial charge in [-0.2, -0.15) is 0 Å². The maximum atomic E-state index is 11.8. The van der Waals surface area contributed by atoms with Crippen LogP contribution in [0, 0.1) is 5.92 Å². The Balaban J connectivity index is 1.94. The second-order valence-corrected chi connectivity index (χ2v) is 5.15. The molecule has 0 spiro atoms. The summed E-state index contributed by atoms with van der Waals surface area (Å²) in [7, 11) is 0. The largest absolute Gasteiger partial charge is 0.310 e. The van der Waals surface area contributed by atoms with E-state index in [1.54, 1.807) is 18.5 Å². The van der Waals surface area contributed by atoms with E-state index in [9.17, 15) is 9.59 Å². The lowest BCUT2D eigenvalue weighted by Gasteiger charge is -2.09. The van der Waals surface area contributed by atoms with Gasteiger partial charge in [-0.1, -0.05) is 0 Å². The van der Waals surface area contributed by atoms with Gasteiger partial charge in [0.25, 0.3) is 0 Å². The van der Waals surface area contributed by atoms with E-state index in [0.717, 1.165) is 24.0 Å². The van der Waals surface area contributed by atoms with E-state index in [-0.39, 0.29) is 17.6 Å². The smallest absolute Gasteiger partial charge is 0.228 e. The van der Waals surface area contributed by atoms with Gasteiger partial charge in [-0.15, -0.1) is 0 Å². The van der Waals surface area contributed by atoms with Crippen LogP contribution >= 0.6 is 0 Å². The number of carbonyl (C=O) groups is 2. The predicted octanol–water partition coefficient (Wildman–Crippen LogP) is 2.69. The first-order chi connectivity index (χ1) is 10.1. The molecule has 1 aliphatic carbocycles. The van der Waals surface area contributed by atoms with Gasteiger partial charge in [0, 0.05) is 30.8 Å². The number of nitrogens with one attached hydrogen (secondary N) is 1. The molecule has 21 heavy (non-hydrogen) atoms. The fourth-order valence-electron chi connectivity index (χ4n) is 2.14. The van der Waals surface area contributed by atoms with Crippen LogP contribution < -0.4 is 5.32 Å². The van der Waals surface area contributed by atoms with Gasteiger partial charge in [-0.05, 0) is 42.7 Å². The summed E-state index contributed by atoms with van der Waals surface area (Å²) in [5.74, 6) is 0.375. The van der Waals surface area contributed by atoms with Crippen LogP contribution in [0.1, 0.15) is 30.3 Å². The zero-order chi connectivity index (χ0) is 14.8. The lowest BCUT2D eigenvalue weighted by Crippen LogP contribution is -2.15. The van der Waals surface area contributed by atoms with Crippen LogP contribution in [-0.4, -0.2) is 21.7 Å². The van der Waals surface area contributed by atoms with Crippen molar-refractivity contribution in [1.82, 2.24) is 9.97 Å². The summed E-state index contributed by atoms with van der Waals surface area (Å²) >= 11 is 0. The molecular formula is C16H15N3O2. The Labute approximate surface area is 122 Å². The molecule has 0 bridgehead atoms. The summed E-state index contributed by atoms with van der Waals surface area (Å²) in [4.78, 5) is 31.9. The monoisotopic (exact) mass is 281 g/mol. The Morgan fingerprint density at radius 3 is 2.48 bits per heavy atom. The first kappa shape index (κ1) is 13.4. The summed E-state index contributed by atoms with van der Waals surface area (Å²) in [6, 6.07) is 7.18. The number of ketones is 1. The third-order valence-corrected chi connectivity index (χ3v) is 3.42. The van der Waals surface area contributed by atoms with E-state index in [4.69, 9.17) is 0 Å². The summed E-state index contributed by atoms with van der Waals surface area (Å²) in [6.45, 7) is 1.47. The Hall–Kier alpha value is -2.56. The second kappa shape index (κ2) is 5.44. The number of amides is 1. The van der Waals surface area contributed by atoms with Crippen LogP contribution in [0.4, 0.5) is 5.82 Å². The van der Waals surface area contributed by atoms with Crippen LogP contribution in [0.15, 0.2) is 36.7 Å². The minimum Gasteiger partial charge on any atom is -0.310 e. The molecule has 0 atom stereocenters. The van der Waals surface area contributed by atoms with Crippen molar-refractivity contribution in [2.45, 2.75) is 19.8 Å². The van der Waals surface area contributed by atoms with E-state index < -0.39 is 0 Å². The van der Waals surface area contributed by atoms with Gasteiger partial charge in [0.2, 0.25) is 5.91 Å². The molecule has 1 fully saturated rings. The predicted molar refractivity (Wildman–Crippen MR) is 78.8 cm³/mol. The summed E-state index contributed by atoms with van der Waals surface area (Å²) in [5.41, 5.74) is 1.98. The van der Waals surface area contributed by atoms with Gasteiger partial charge in [-0.3, -0.25) is 14.6 Å². The van der Waals surface area contributed by atoms with Crippen molar-refractivity contribution < 1.29 is 9.59 Å². The number of carbonyl (C=O) groups excluding carboxylic acids is 2. The van der Waals surface area contributed by atoms with E-state index in [2.05, 4.69) is 15.3 Å². The zero-order valence-corrected chi connectivity index (χ0v) is 11.7. The molecule has 3 rings (SSSR count). The highest BCUT2D eigenvalue weighted by Gasteiger charge is 2.30. The lowest BCUT2D eigenvalue weighted by molar-refractivity contribution is -0.117. The molecule has 0 unspecified atom stereocenters. The minimum absolute atomic E-state index is 0.0198. The first-order valence-electron chi connectivity index (χ1n) is 6.88. The van der Waals surface area contributed by atoms with Crippen molar-refractivity contribution in [3.63, 3.8) is 0 Å². The molecule has 106 valence electrons. The van der Waals surface area contributed by atoms with E-state index >= 15 is 0 Å². The molecule has 0 saturated heterocycles. The summed E-state index contributed by atoms with van der Waals surface area (Å²) in [5, 5.41) is 2.76. The van der Waals surface area contributed by atoms with Gasteiger partial charge in [0.05, 0.1) is 0 Å². The Morgan fingerprint density at radius 2 is 1.86 bits per heavy atom. The summed E-state index contributed by atoms with van der Waals surface area (Å²) in [6.07, 6.45) is 5.20. The number of pyridine rings is 2. The number of rotatable bonds is 4. The zero-order valence-electron chi connectivity index (χ0n) is 11.7. The maximum Gasteiger partial charge on any atom is 0.228 e. The number of nitrogens with zero attached hydrogens (tertiary/aromatic N) is 2. The molecule has 5 heteroatoms. The Kier molecular flexibility index (Phi) is 3.48. The first-order valence-corrected chi connectivity index (χ1v) is 6.88. The van der Waals surface area contributed by atoms with Crippen molar-refractivity contribution in [3.8, 4) is 11.1 Å². The molecule has 0 aromatic carbocycles. The molecule has 0 aliphatic heterocycles. The topological polar surface area (TPSA) is 72.0 Å². The van der Waals surface area contributed by atoms with Gasteiger partial charge < -0.3 is 5.32 Å². The number of aromatic nitrogens is 2. The SMILES string of the molecule is CC(=O)c1nc(NC(=O)C2CC2)ccc1-c1ccncc1. The summed E-state index contributed by atoms with van der Waals surface area (Å²) < 4.78 is 0. The Bertz CT molecular complexity index is 694. The lowest BCUT2D eigenvalue weighted by atomic mass is 10.0. The van der Waals surface area contributed by atoms with Gasteiger partial charge in [0.15, 0.2) is 5.78 Å². The molecule has 2 aromatic heterocycles.